The number of hydrogen-bond donors (Lipinski definition) is 2. The van der Waals surface area contributed by atoms with E-state index in [0.717, 1.165) is 41.4 Å². The van der Waals surface area contributed by atoms with Gasteiger partial charge in [-0.15, -0.1) is 11.8 Å². The molecule has 0 radical (unpaired) electrons. The van der Waals surface area contributed by atoms with E-state index in [1.807, 2.05) is 23.3 Å². The number of unbranched alkanes of at least 4 members (excludes halogenated alkanes) is 1. The second-order valence-electron chi connectivity index (χ2n) is 6.16. The van der Waals surface area contributed by atoms with Crippen molar-refractivity contribution in [3.05, 3.63) is 35.5 Å². The lowest BCUT2D eigenvalue weighted by atomic mass is 9.90. The topological polar surface area (TPSA) is 56.3 Å². The number of aliphatic carboxylic acids is 1. The number of rotatable bonds is 4. The summed E-state index contributed by atoms with van der Waals surface area (Å²) in [6, 6.07) is 7.54. The molecule has 2 aromatic rings. The van der Waals surface area contributed by atoms with Crippen LogP contribution >= 0.6 is 24.0 Å². The van der Waals surface area contributed by atoms with E-state index < -0.39 is 12.0 Å². The van der Waals surface area contributed by atoms with Gasteiger partial charge in [-0.1, -0.05) is 50.2 Å². The normalized spacial score (nSPS) is 20.2. The van der Waals surface area contributed by atoms with E-state index >= 15 is 0 Å². The maximum atomic E-state index is 12.0. The van der Waals surface area contributed by atoms with Crippen molar-refractivity contribution in [1.29, 1.82) is 0 Å². The highest BCUT2D eigenvalue weighted by Crippen LogP contribution is 2.41. The third-order valence-corrected chi connectivity index (χ3v) is 6.02. The Bertz CT molecular complexity index is 771. The predicted molar refractivity (Wildman–Crippen MR) is 104 cm³/mol. The summed E-state index contributed by atoms with van der Waals surface area (Å²) in [6.45, 7) is 2.15. The lowest BCUT2D eigenvalue weighted by Crippen LogP contribution is -2.49. The smallest absolute Gasteiger partial charge is 0.326 e. The molecule has 1 aromatic carbocycles. The van der Waals surface area contributed by atoms with Gasteiger partial charge in [-0.25, -0.2) is 4.79 Å². The van der Waals surface area contributed by atoms with Crippen molar-refractivity contribution in [3.8, 4) is 0 Å². The van der Waals surface area contributed by atoms with Crippen LogP contribution in [0.1, 0.15) is 43.5 Å². The number of carboxylic acid groups (broad SMARTS) is 1. The Balaban J connectivity index is 2.15. The van der Waals surface area contributed by atoms with Crippen LogP contribution in [0.15, 0.2) is 24.3 Å². The minimum atomic E-state index is -0.802. The van der Waals surface area contributed by atoms with E-state index in [1.165, 1.54) is 11.8 Å². The second kappa shape index (κ2) is 7.15. The molecule has 4 nitrogen and oxygen atoms in total. The van der Waals surface area contributed by atoms with Gasteiger partial charge < -0.3 is 15.0 Å². The summed E-state index contributed by atoms with van der Waals surface area (Å²) in [4.78, 5) is 17.4. The SMILES string of the molecule is CCCC[C@@H]1c2[nH]c3ccccc3c2C[C@@H](C(=O)O)N1C(=S)SC. The largest absolute Gasteiger partial charge is 0.480 e. The summed E-state index contributed by atoms with van der Waals surface area (Å²) in [6.07, 6.45) is 5.42. The maximum absolute atomic E-state index is 12.0. The number of thiocarbonyl (C=S) groups is 1. The predicted octanol–water partition coefficient (Wildman–Crippen LogP) is 4.36. The zero-order valence-electron chi connectivity index (χ0n) is 13.9. The summed E-state index contributed by atoms with van der Waals surface area (Å²) in [5, 5.41) is 10.9. The van der Waals surface area contributed by atoms with Crippen molar-refractivity contribution in [2.75, 3.05) is 6.26 Å². The first kappa shape index (κ1) is 17.3. The average molecular weight is 363 g/mol. The fraction of sp³-hybridized carbons (Fsp3) is 0.444. The fourth-order valence-electron chi connectivity index (χ4n) is 3.62. The van der Waals surface area contributed by atoms with Crippen LogP contribution in [0.3, 0.4) is 0 Å². The molecule has 0 bridgehead atoms. The Labute approximate surface area is 151 Å². The number of carboxylic acids is 1. The number of fused-ring (bicyclic) bond motifs is 3. The molecule has 2 N–H and O–H groups in total. The number of H-pyrrole nitrogens is 1. The lowest BCUT2D eigenvalue weighted by molar-refractivity contribution is -0.142. The van der Waals surface area contributed by atoms with Crippen LogP contribution in [0.2, 0.25) is 0 Å². The summed E-state index contributed by atoms with van der Waals surface area (Å²) in [7, 11) is 0. The highest BCUT2D eigenvalue weighted by atomic mass is 32.2. The van der Waals surface area contributed by atoms with E-state index in [4.69, 9.17) is 12.2 Å². The van der Waals surface area contributed by atoms with Crippen LogP contribution < -0.4 is 0 Å². The molecule has 2 atom stereocenters. The minimum Gasteiger partial charge on any atom is -0.480 e. The van der Waals surface area contributed by atoms with Crippen molar-refractivity contribution >= 4 is 45.2 Å². The van der Waals surface area contributed by atoms with Gasteiger partial charge >= 0.3 is 5.97 Å². The number of carbonyl (C=O) groups is 1. The summed E-state index contributed by atoms with van der Waals surface area (Å²) >= 11 is 6.97. The molecule has 1 aliphatic rings. The van der Waals surface area contributed by atoms with Gasteiger partial charge in [-0.2, -0.15) is 0 Å². The van der Waals surface area contributed by atoms with Gasteiger partial charge in [0, 0.05) is 23.0 Å². The second-order valence-corrected chi connectivity index (χ2v) is 7.60. The number of hydrogen-bond acceptors (Lipinski definition) is 3. The van der Waals surface area contributed by atoms with Crippen LogP contribution in [0.4, 0.5) is 0 Å². The van der Waals surface area contributed by atoms with E-state index in [-0.39, 0.29) is 6.04 Å². The Kier molecular flexibility index (Phi) is 5.15. The number of nitrogens with zero attached hydrogens (tertiary/aromatic N) is 1. The van der Waals surface area contributed by atoms with E-state index in [0.29, 0.717) is 10.7 Å². The van der Waals surface area contributed by atoms with Gasteiger partial charge in [-0.05, 0) is 24.3 Å². The molecule has 128 valence electrons. The van der Waals surface area contributed by atoms with Crippen molar-refractivity contribution in [2.24, 2.45) is 0 Å². The van der Waals surface area contributed by atoms with Crippen LogP contribution in [-0.2, 0) is 11.2 Å². The molecule has 0 saturated heterocycles. The van der Waals surface area contributed by atoms with E-state index in [2.05, 4.69) is 24.0 Å². The Morgan fingerprint density at radius 1 is 1.46 bits per heavy atom. The summed E-state index contributed by atoms with van der Waals surface area (Å²) in [5.41, 5.74) is 3.35. The zero-order chi connectivity index (χ0) is 17.3. The first-order valence-electron chi connectivity index (χ1n) is 8.27. The molecule has 0 aliphatic carbocycles. The minimum absolute atomic E-state index is 0.00199. The third-order valence-electron chi connectivity index (χ3n) is 4.75. The van der Waals surface area contributed by atoms with Gasteiger partial charge in [0.25, 0.3) is 0 Å². The third kappa shape index (κ3) is 2.93. The highest BCUT2D eigenvalue weighted by Gasteiger charge is 2.40. The number of aromatic amines is 1. The maximum Gasteiger partial charge on any atom is 0.326 e. The Morgan fingerprint density at radius 2 is 2.21 bits per heavy atom. The quantitative estimate of drug-likeness (QED) is 0.792. The number of para-hydroxylation sites is 1. The number of benzene rings is 1. The molecular formula is C18H22N2O2S2. The molecule has 1 aromatic heterocycles. The molecular weight excluding hydrogens is 340 g/mol. The van der Waals surface area contributed by atoms with Crippen molar-refractivity contribution < 1.29 is 9.90 Å². The van der Waals surface area contributed by atoms with Crippen molar-refractivity contribution in [1.82, 2.24) is 9.88 Å². The highest BCUT2D eigenvalue weighted by molar-refractivity contribution is 8.22. The molecule has 0 amide bonds. The molecule has 1 aliphatic heterocycles. The van der Waals surface area contributed by atoms with Crippen LogP contribution in [0.25, 0.3) is 10.9 Å². The molecule has 3 rings (SSSR count). The van der Waals surface area contributed by atoms with Gasteiger partial charge in [0.2, 0.25) is 0 Å². The monoisotopic (exact) mass is 362 g/mol. The average Bonchev–Trinajstić information content (AvgIpc) is 2.96. The van der Waals surface area contributed by atoms with Gasteiger partial charge in [-0.3, -0.25) is 0 Å². The van der Waals surface area contributed by atoms with E-state index in [1.54, 1.807) is 0 Å². The van der Waals surface area contributed by atoms with Gasteiger partial charge in [0.15, 0.2) is 0 Å². The number of aromatic nitrogens is 1. The summed E-state index contributed by atoms with van der Waals surface area (Å²) in [5.74, 6) is -0.802. The fourth-order valence-corrected chi connectivity index (χ4v) is 4.34. The zero-order valence-corrected chi connectivity index (χ0v) is 15.5. The molecule has 24 heavy (non-hydrogen) atoms. The first-order valence-corrected chi connectivity index (χ1v) is 9.90. The van der Waals surface area contributed by atoms with Crippen LogP contribution in [-0.4, -0.2) is 37.6 Å². The molecule has 2 heterocycles. The van der Waals surface area contributed by atoms with E-state index in [9.17, 15) is 9.90 Å². The molecule has 0 spiro atoms. The lowest BCUT2D eigenvalue weighted by Gasteiger charge is -2.41. The van der Waals surface area contributed by atoms with Crippen LogP contribution in [0, 0.1) is 0 Å². The van der Waals surface area contributed by atoms with Crippen molar-refractivity contribution in [2.45, 2.75) is 44.7 Å². The Hall–Kier alpha value is -1.53. The van der Waals surface area contributed by atoms with Crippen LogP contribution in [0.5, 0.6) is 0 Å². The molecule has 0 unspecified atom stereocenters. The standard InChI is InChI=1S/C18H22N2O2S2/c1-3-4-9-14-16-12(11-7-5-6-8-13(11)19-16)10-15(17(21)22)20(14)18(23)24-2/h5-8,14-15,19H,3-4,9-10H2,1-2H3,(H,21,22)/t14-,15+/m1/s1. The Morgan fingerprint density at radius 3 is 2.88 bits per heavy atom. The summed E-state index contributed by atoms with van der Waals surface area (Å²) < 4.78 is 0.660. The number of thioether (sulfide) groups is 1. The van der Waals surface area contributed by atoms with Gasteiger partial charge in [0.1, 0.15) is 10.4 Å². The van der Waals surface area contributed by atoms with Crippen molar-refractivity contribution in [3.63, 3.8) is 0 Å². The molecule has 6 heteroatoms. The molecule has 0 fully saturated rings. The number of nitrogens with one attached hydrogen (secondary N) is 1. The first-order chi connectivity index (χ1) is 11.6. The van der Waals surface area contributed by atoms with Gasteiger partial charge in [0.05, 0.1) is 6.04 Å². The molecule has 0 saturated carbocycles.